The first-order valence-corrected chi connectivity index (χ1v) is 7.30. The summed E-state index contributed by atoms with van der Waals surface area (Å²) in [6.07, 6.45) is 3.54. The number of nitrogens with two attached hydrogens (primary N) is 1. The van der Waals surface area contributed by atoms with Crippen LogP contribution >= 0.6 is 0 Å². The molecular weight excluding hydrogens is 242 g/mol. The number of nitrogens with one attached hydrogen (secondary N) is 1. The van der Waals surface area contributed by atoms with E-state index >= 15 is 0 Å². The van der Waals surface area contributed by atoms with Crippen molar-refractivity contribution in [3.8, 4) is 0 Å². The standard InChI is InChI=1S/C14H27N3O2/c1-10(2)16-14(13(15)18,11-4-5-11)9-17-7-6-12(8-17)19-3/h10-12,16H,4-9H2,1-3H3,(H2,15,18). The third-order valence-electron chi connectivity index (χ3n) is 4.30. The lowest BCUT2D eigenvalue weighted by atomic mass is 9.90. The Hall–Kier alpha value is -0.650. The monoisotopic (exact) mass is 269 g/mol. The van der Waals surface area contributed by atoms with Gasteiger partial charge in [0.05, 0.1) is 6.10 Å². The number of primary amides is 1. The zero-order valence-electron chi connectivity index (χ0n) is 12.3. The topological polar surface area (TPSA) is 67.6 Å². The molecule has 0 aromatic heterocycles. The predicted octanol–water partition coefficient (Wildman–Crippen LogP) is 0.339. The zero-order valence-corrected chi connectivity index (χ0v) is 12.3. The van der Waals surface area contributed by atoms with E-state index in [9.17, 15) is 4.79 Å². The summed E-state index contributed by atoms with van der Waals surface area (Å²) in [6.45, 7) is 6.74. The summed E-state index contributed by atoms with van der Waals surface area (Å²) in [5.74, 6) is 0.193. The van der Waals surface area contributed by atoms with Gasteiger partial charge in [0.2, 0.25) is 5.91 Å². The van der Waals surface area contributed by atoms with Gasteiger partial charge in [-0.15, -0.1) is 0 Å². The van der Waals surface area contributed by atoms with Crippen molar-refractivity contribution >= 4 is 5.91 Å². The summed E-state index contributed by atoms with van der Waals surface area (Å²) < 4.78 is 5.40. The van der Waals surface area contributed by atoms with Crippen molar-refractivity contribution in [3.05, 3.63) is 0 Å². The van der Waals surface area contributed by atoms with Crippen LogP contribution in [0.1, 0.15) is 33.1 Å². The van der Waals surface area contributed by atoms with Gasteiger partial charge in [0.25, 0.3) is 0 Å². The van der Waals surface area contributed by atoms with Crippen LogP contribution in [-0.2, 0) is 9.53 Å². The van der Waals surface area contributed by atoms with E-state index in [2.05, 4.69) is 24.1 Å². The second-order valence-electron chi connectivity index (χ2n) is 6.29. The first-order chi connectivity index (χ1) is 8.98. The van der Waals surface area contributed by atoms with Gasteiger partial charge in [0, 0.05) is 32.8 Å². The fourth-order valence-corrected chi connectivity index (χ4v) is 3.22. The molecule has 2 atom stereocenters. The SMILES string of the molecule is COC1CCN(CC(NC(C)C)(C(N)=O)C2CC2)C1. The lowest BCUT2D eigenvalue weighted by Crippen LogP contribution is -2.64. The van der Waals surface area contributed by atoms with Crippen molar-refractivity contribution in [2.24, 2.45) is 11.7 Å². The molecule has 2 unspecified atom stereocenters. The zero-order chi connectivity index (χ0) is 14.0. The highest BCUT2D eigenvalue weighted by Gasteiger charge is 2.51. The van der Waals surface area contributed by atoms with E-state index in [1.807, 2.05) is 0 Å². The Morgan fingerprint density at radius 2 is 2.16 bits per heavy atom. The van der Waals surface area contributed by atoms with Crippen LogP contribution in [0.5, 0.6) is 0 Å². The number of likely N-dealkylation sites (tertiary alicyclic amines) is 1. The summed E-state index contributed by atoms with van der Waals surface area (Å²) in [5.41, 5.74) is 5.19. The van der Waals surface area contributed by atoms with E-state index < -0.39 is 5.54 Å². The molecule has 1 amide bonds. The molecule has 2 rings (SSSR count). The van der Waals surface area contributed by atoms with Crippen LogP contribution in [0.3, 0.4) is 0 Å². The molecule has 1 saturated heterocycles. The van der Waals surface area contributed by atoms with E-state index in [1.54, 1.807) is 7.11 Å². The molecule has 5 nitrogen and oxygen atoms in total. The highest BCUT2D eigenvalue weighted by atomic mass is 16.5. The molecule has 1 heterocycles. The van der Waals surface area contributed by atoms with Crippen molar-refractivity contribution in [3.63, 3.8) is 0 Å². The Labute approximate surface area is 115 Å². The number of carbonyl (C=O) groups excluding carboxylic acids is 1. The molecule has 0 radical (unpaired) electrons. The lowest BCUT2D eigenvalue weighted by molar-refractivity contribution is -0.126. The Balaban J connectivity index is 2.07. The summed E-state index contributed by atoms with van der Waals surface area (Å²) in [5, 5.41) is 3.46. The second kappa shape index (κ2) is 5.77. The number of amides is 1. The molecule has 0 aromatic rings. The van der Waals surface area contributed by atoms with Crippen LogP contribution in [0, 0.1) is 5.92 Å². The highest BCUT2D eigenvalue weighted by Crippen LogP contribution is 2.41. The number of hydrogen-bond donors (Lipinski definition) is 2. The minimum atomic E-state index is -0.559. The third-order valence-corrected chi connectivity index (χ3v) is 4.30. The van der Waals surface area contributed by atoms with E-state index in [1.165, 1.54) is 0 Å². The number of hydrogen-bond acceptors (Lipinski definition) is 4. The molecule has 0 bridgehead atoms. The highest BCUT2D eigenvalue weighted by molar-refractivity contribution is 5.86. The van der Waals surface area contributed by atoms with Gasteiger partial charge in [0.15, 0.2) is 0 Å². The van der Waals surface area contributed by atoms with Gasteiger partial charge in [-0.3, -0.25) is 15.0 Å². The predicted molar refractivity (Wildman–Crippen MR) is 74.8 cm³/mol. The van der Waals surface area contributed by atoms with Crippen molar-refractivity contribution in [1.29, 1.82) is 0 Å². The number of methoxy groups -OCH3 is 1. The van der Waals surface area contributed by atoms with Crippen molar-refractivity contribution < 1.29 is 9.53 Å². The third kappa shape index (κ3) is 3.27. The molecule has 1 aliphatic carbocycles. The molecular formula is C14H27N3O2. The van der Waals surface area contributed by atoms with Gasteiger partial charge >= 0.3 is 0 Å². The minimum Gasteiger partial charge on any atom is -0.380 e. The van der Waals surface area contributed by atoms with E-state index in [0.717, 1.165) is 32.4 Å². The Morgan fingerprint density at radius 3 is 2.58 bits per heavy atom. The van der Waals surface area contributed by atoms with Crippen LogP contribution in [0.15, 0.2) is 0 Å². The van der Waals surface area contributed by atoms with E-state index in [0.29, 0.717) is 18.6 Å². The minimum absolute atomic E-state index is 0.204. The maximum absolute atomic E-state index is 12.1. The number of carbonyl (C=O) groups is 1. The van der Waals surface area contributed by atoms with Crippen LogP contribution < -0.4 is 11.1 Å². The van der Waals surface area contributed by atoms with Gasteiger partial charge in [-0.25, -0.2) is 0 Å². The first kappa shape index (κ1) is 14.8. The van der Waals surface area contributed by atoms with Crippen molar-refractivity contribution in [2.45, 2.75) is 50.8 Å². The van der Waals surface area contributed by atoms with Gasteiger partial charge in [-0.05, 0) is 39.0 Å². The van der Waals surface area contributed by atoms with Crippen LogP contribution in [-0.4, -0.2) is 55.2 Å². The number of ether oxygens (including phenoxy) is 1. The summed E-state index contributed by atoms with van der Waals surface area (Å²) in [7, 11) is 1.75. The molecule has 1 saturated carbocycles. The molecule has 1 aliphatic heterocycles. The van der Waals surface area contributed by atoms with Gasteiger partial charge in [0.1, 0.15) is 5.54 Å². The molecule has 0 spiro atoms. The van der Waals surface area contributed by atoms with Crippen LogP contribution in [0.25, 0.3) is 0 Å². The van der Waals surface area contributed by atoms with Crippen LogP contribution in [0.2, 0.25) is 0 Å². The Bertz CT molecular complexity index is 331. The molecule has 5 heteroatoms. The molecule has 2 fully saturated rings. The number of rotatable bonds is 7. The Morgan fingerprint density at radius 1 is 1.47 bits per heavy atom. The second-order valence-corrected chi connectivity index (χ2v) is 6.29. The number of nitrogens with zero attached hydrogens (tertiary/aromatic N) is 1. The summed E-state index contributed by atoms with van der Waals surface area (Å²) in [4.78, 5) is 14.4. The largest absolute Gasteiger partial charge is 0.380 e. The molecule has 2 aliphatic rings. The molecule has 0 aromatic carbocycles. The fourth-order valence-electron chi connectivity index (χ4n) is 3.22. The molecule has 3 N–H and O–H groups in total. The maximum atomic E-state index is 12.1. The summed E-state index contributed by atoms with van der Waals surface area (Å²) in [6, 6.07) is 0.258. The lowest BCUT2D eigenvalue weighted by Gasteiger charge is -2.37. The fraction of sp³-hybridized carbons (Fsp3) is 0.929. The van der Waals surface area contributed by atoms with Crippen molar-refractivity contribution in [1.82, 2.24) is 10.2 Å². The molecule has 19 heavy (non-hydrogen) atoms. The van der Waals surface area contributed by atoms with E-state index in [4.69, 9.17) is 10.5 Å². The van der Waals surface area contributed by atoms with E-state index in [-0.39, 0.29) is 11.9 Å². The van der Waals surface area contributed by atoms with Crippen molar-refractivity contribution in [2.75, 3.05) is 26.7 Å². The molecule has 110 valence electrons. The van der Waals surface area contributed by atoms with Crippen LogP contribution in [0.4, 0.5) is 0 Å². The summed E-state index contributed by atoms with van der Waals surface area (Å²) >= 11 is 0. The maximum Gasteiger partial charge on any atom is 0.239 e. The first-order valence-electron chi connectivity index (χ1n) is 7.30. The smallest absolute Gasteiger partial charge is 0.239 e. The van der Waals surface area contributed by atoms with Gasteiger partial charge < -0.3 is 10.5 Å². The average molecular weight is 269 g/mol. The quantitative estimate of drug-likeness (QED) is 0.699. The van der Waals surface area contributed by atoms with Gasteiger partial charge in [-0.1, -0.05) is 0 Å². The Kier molecular flexibility index (Phi) is 4.48. The normalized spacial score (nSPS) is 27.7. The average Bonchev–Trinajstić information content (AvgIpc) is 3.09. The van der Waals surface area contributed by atoms with Gasteiger partial charge in [-0.2, -0.15) is 0 Å².